The summed E-state index contributed by atoms with van der Waals surface area (Å²) in [6.07, 6.45) is 7.66. The Morgan fingerprint density at radius 2 is 1.82 bits per heavy atom. The second-order valence-electron chi connectivity index (χ2n) is 8.81. The molecular formula is C27H34N4O3. The average molecular weight is 463 g/mol. The molecule has 7 heteroatoms. The van der Waals surface area contributed by atoms with Crippen LogP contribution in [-0.4, -0.2) is 60.4 Å². The Labute approximate surface area is 201 Å². The zero-order valence-electron chi connectivity index (χ0n) is 20.1. The van der Waals surface area contributed by atoms with Gasteiger partial charge in [0.25, 0.3) is 0 Å². The van der Waals surface area contributed by atoms with E-state index in [0.717, 1.165) is 61.8 Å². The van der Waals surface area contributed by atoms with Crippen LogP contribution in [0.2, 0.25) is 0 Å². The maximum Gasteiger partial charge on any atom is 0.227 e. The van der Waals surface area contributed by atoms with Gasteiger partial charge in [-0.2, -0.15) is 5.10 Å². The zero-order valence-corrected chi connectivity index (χ0v) is 20.1. The number of carbonyl (C=O) groups is 1. The van der Waals surface area contributed by atoms with Crippen LogP contribution in [0.25, 0.3) is 0 Å². The van der Waals surface area contributed by atoms with Crippen LogP contribution in [0.1, 0.15) is 30.4 Å². The minimum atomic E-state index is 0.153. The summed E-state index contributed by atoms with van der Waals surface area (Å²) in [4.78, 5) is 16.7. The number of aryl methyl sites for hydroxylation is 1. The maximum atomic E-state index is 12.4. The van der Waals surface area contributed by atoms with Crippen LogP contribution in [0, 0.1) is 6.92 Å². The van der Waals surface area contributed by atoms with Crippen LogP contribution in [-0.2, 0) is 11.2 Å². The maximum absolute atomic E-state index is 12.4. The fraction of sp³-hybridized carbons (Fsp3) is 0.407. The Kier molecular flexibility index (Phi) is 8.07. The molecule has 7 nitrogen and oxygen atoms in total. The molecule has 0 unspecified atom stereocenters. The molecule has 180 valence electrons. The first-order valence-electron chi connectivity index (χ1n) is 12.0. The Bertz CT molecular complexity index is 1030. The summed E-state index contributed by atoms with van der Waals surface area (Å²) in [5, 5.41) is 6.65. The number of ether oxygens (including phenoxy) is 2. The number of piperazine rings is 1. The molecule has 1 saturated heterocycles. The fourth-order valence-corrected chi connectivity index (χ4v) is 4.03. The van der Waals surface area contributed by atoms with E-state index < -0.39 is 0 Å². The second kappa shape index (κ2) is 11.6. The van der Waals surface area contributed by atoms with E-state index in [4.69, 9.17) is 9.47 Å². The molecule has 2 aromatic carbocycles. The summed E-state index contributed by atoms with van der Waals surface area (Å²) in [7, 11) is 1.67. The number of rotatable bonds is 6. The van der Waals surface area contributed by atoms with Crippen molar-refractivity contribution in [1.29, 1.82) is 0 Å². The van der Waals surface area contributed by atoms with Crippen LogP contribution in [0.4, 0.5) is 5.69 Å². The summed E-state index contributed by atoms with van der Waals surface area (Å²) in [5.41, 5.74) is 3.37. The van der Waals surface area contributed by atoms with E-state index in [9.17, 15) is 4.79 Å². The first-order valence-corrected chi connectivity index (χ1v) is 12.0. The van der Waals surface area contributed by atoms with Gasteiger partial charge in [0.05, 0.1) is 25.8 Å². The molecule has 1 amide bonds. The van der Waals surface area contributed by atoms with Gasteiger partial charge in [-0.1, -0.05) is 35.9 Å². The van der Waals surface area contributed by atoms with Gasteiger partial charge in [0.2, 0.25) is 5.91 Å². The van der Waals surface area contributed by atoms with E-state index in [2.05, 4.69) is 46.3 Å². The number of nitrogens with zero attached hydrogens (tertiary/aromatic N) is 3. The highest BCUT2D eigenvalue weighted by Crippen LogP contribution is 2.35. The number of aromatic nitrogens is 2. The van der Waals surface area contributed by atoms with Crippen LogP contribution in [0.15, 0.2) is 60.9 Å². The Morgan fingerprint density at radius 1 is 1.06 bits per heavy atom. The van der Waals surface area contributed by atoms with Gasteiger partial charge in [-0.05, 0) is 43.9 Å². The van der Waals surface area contributed by atoms with Crippen LogP contribution in [0.3, 0.4) is 0 Å². The van der Waals surface area contributed by atoms with Crippen molar-refractivity contribution in [2.75, 3.05) is 38.2 Å². The Hall–Kier alpha value is -3.48. The molecule has 34 heavy (non-hydrogen) atoms. The van der Waals surface area contributed by atoms with Gasteiger partial charge in [-0.25, -0.2) is 0 Å². The van der Waals surface area contributed by atoms with Crippen molar-refractivity contribution in [1.82, 2.24) is 15.1 Å². The fourth-order valence-electron chi connectivity index (χ4n) is 4.03. The van der Waals surface area contributed by atoms with Gasteiger partial charge in [-0.15, -0.1) is 0 Å². The predicted octanol–water partition coefficient (Wildman–Crippen LogP) is 4.24. The summed E-state index contributed by atoms with van der Waals surface area (Å²) >= 11 is 0. The monoisotopic (exact) mass is 462 g/mol. The molecule has 2 fully saturated rings. The summed E-state index contributed by atoms with van der Waals surface area (Å²) in [5.74, 6) is 1.75. The molecule has 2 aliphatic rings. The normalized spacial score (nSPS) is 15.7. The van der Waals surface area contributed by atoms with E-state index in [1.54, 1.807) is 19.5 Å². The van der Waals surface area contributed by atoms with Crippen LogP contribution in [0.5, 0.6) is 11.5 Å². The number of anilines is 1. The molecule has 1 aliphatic heterocycles. The molecule has 0 spiro atoms. The number of hydrogen-bond acceptors (Lipinski definition) is 5. The van der Waals surface area contributed by atoms with E-state index in [0.29, 0.717) is 12.5 Å². The van der Waals surface area contributed by atoms with Crippen molar-refractivity contribution in [2.45, 2.75) is 38.7 Å². The third-order valence-electron chi connectivity index (χ3n) is 6.34. The number of hydrogen-bond donors (Lipinski definition) is 1. The van der Waals surface area contributed by atoms with E-state index in [1.165, 1.54) is 12.0 Å². The van der Waals surface area contributed by atoms with Crippen LogP contribution >= 0.6 is 0 Å². The molecule has 0 atom stereocenters. The Morgan fingerprint density at radius 3 is 2.38 bits per heavy atom. The number of aromatic amines is 1. The number of benzene rings is 2. The first kappa shape index (κ1) is 23.7. The zero-order chi connectivity index (χ0) is 23.8. The summed E-state index contributed by atoms with van der Waals surface area (Å²) < 4.78 is 11.5. The molecule has 3 aromatic rings. The van der Waals surface area contributed by atoms with E-state index >= 15 is 0 Å². The minimum Gasteiger partial charge on any atom is -0.493 e. The number of amides is 1. The van der Waals surface area contributed by atoms with Crippen molar-refractivity contribution in [3.8, 4) is 11.5 Å². The van der Waals surface area contributed by atoms with Gasteiger partial charge in [0.1, 0.15) is 0 Å². The number of H-pyrrole nitrogens is 1. The lowest BCUT2D eigenvalue weighted by atomic mass is 9.96. The smallest absolute Gasteiger partial charge is 0.227 e. The lowest BCUT2D eigenvalue weighted by Crippen LogP contribution is -2.49. The van der Waals surface area contributed by atoms with Gasteiger partial charge >= 0.3 is 0 Å². The van der Waals surface area contributed by atoms with Crippen molar-refractivity contribution in [3.05, 3.63) is 72.1 Å². The summed E-state index contributed by atoms with van der Waals surface area (Å²) in [6, 6.07) is 16.4. The molecule has 1 aliphatic carbocycles. The lowest BCUT2D eigenvalue weighted by Gasteiger charge is -2.36. The highest BCUT2D eigenvalue weighted by molar-refractivity contribution is 5.79. The van der Waals surface area contributed by atoms with Crippen molar-refractivity contribution in [3.63, 3.8) is 0 Å². The number of nitrogens with one attached hydrogen (secondary N) is 1. The molecule has 0 bridgehead atoms. The highest BCUT2D eigenvalue weighted by atomic mass is 16.5. The van der Waals surface area contributed by atoms with Crippen molar-refractivity contribution in [2.24, 2.45) is 0 Å². The molecule has 1 aromatic heterocycles. The quantitative estimate of drug-likeness (QED) is 0.594. The molecule has 1 saturated carbocycles. The van der Waals surface area contributed by atoms with Gasteiger partial charge in [0.15, 0.2) is 11.5 Å². The molecule has 5 rings (SSSR count). The molecular weight excluding hydrogens is 428 g/mol. The average Bonchev–Trinajstić information content (AvgIpc) is 3.35. The second-order valence-corrected chi connectivity index (χ2v) is 8.81. The topological polar surface area (TPSA) is 70.7 Å². The molecule has 0 radical (unpaired) electrons. The minimum absolute atomic E-state index is 0.153. The summed E-state index contributed by atoms with van der Waals surface area (Å²) in [6.45, 7) is 5.15. The third-order valence-corrected chi connectivity index (χ3v) is 6.34. The molecule has 2 heterocycles. The van der Waals surface area contributed by atoms with E-state index in [1.807, 2.05) is 29.2 Å². The Balaban J connectivity index is 0.000000336. The van der Waals surface area contributed by atoms with Crippen LogP contribution < -0.4 is 14.4 Å². The third kappa shape index (κ3) is 6.31. The van der Waals surface area contributed by atoms with Gasteiger partial charge in [-0.3, -0.25) is 9.89 Å². The van der Waals surface area contributed by atoms with Crippen molar-refractivity contribution < 1.29 is 14.3 Å². The SMILES string of the molecule is COc1ccc(N2CCN(C(=O)Cc3cn[nH]c3)CC2)cc1OC1CCC1.Cc1ccccc1. The largest absolute Gasteiger partial charge is 0.493 e. The predicted molar refractivity (Wildman–Crippen MR) is 134 cm³/mol. The van der Waals surface area contributed by atoms with E-state index in [-0.39, 0.29) is 5.91 Å². The highest BCUT2D eigenvalue weighted by Gasteiger charge is 2.24. The number of carbonyl (C=O) groups excluding carboxylic acids is 1. The number of methoxy groups -OCH3 is 1. The van der Waals surface area contributed by atoms with Gasteiger partial charge in [0, 0.05) is 44.1 Å². The lowest BCUT2D eigenvalue weighted by molar-refractivity contribution is -0.130. The molecule has 1 N–H and O–H groups in total. The van der Waals surface area contributed by atoms with Crippen molar-refractivity contribution >= 4 is 11.6 Å². The van der Waals surface area contributed by atoms with Gasteiger partial charge < -0.3 is 19.3 Å². The standard InChI is InChI=1S/C20H26N4O3.C7H8/c1-26-18-6-5-16(12-19(18)27-17-3-2-4-17)23-7-9-24(10-8-23)20(25)11-15-13-21-22-14-15;1-7-5-3-2-4-6-7/h5-6,12-14,17H,2-4,7-11H2,1H3,(H,21,22);2-6H,1H3. The first-order chi connectivity index (χ1) is 16.6.